The summed E-state index contributed by atoms with van der Waals surface area (Å²) in [5, 5.41) is 7.30. The summed E-state index contributed by atoms with van der Waals surface area (Å²) in [5.74, 6) is -4.76. The molecule has 19 heavy (non-hydrogen) atoms. The van der Waals surface area contributed by atoms with E-state index in [9.17, 15) is 13.6 Å². The highest BCUT2D eigenvalue weighted by molar-refractivity contribution is 5.79. The molecule has 1 aromatic rings. The van der Waals surface area contributed by atoms with E-state index in [0.29, 0.717) is 6.54 Å². The van der Waals surface area contributed by atoms with Crippen LogP contribution in [0.15, 0.2) is 0 Å². The van der Waals surface area contributed by atoms with Crippen LogP contribution in [0.2, 0.25) is 0 Å². The minimum Gasteiger partial charge on any atom is -0.456 e. The standard InChI is InChI=1S/C12H17F2N3O2/c1-7-10(8(2)17(3)16-7)6-15-5-9-4-12(13,14)11(18)19-9/h9,15H,4-6H2,1-3H3. The van der Waals surface area contributed by atoms with Crippen molar-refractivity contribution in [1.29, 1.82) is 0 Å². The van der Waals surface area contributed by atoms with Gasteiger partial charge in [-0.2, -0.15) is 13.9 Å². The molecule has 0 spiro atoms. The molecule has 0 aliphatic carbocycles. The maximum Gasteiger partial charge on any atom is 0.377 e. The maximum absolute atomic E-state index is 13.0. The van der Waals surface area contributed by atoms with Gasteiger partial charge in [0.05, 0.1) is 12.1 Å². The summed E-state index contributed by atoms with van der Waals surface area (Å²) in [6, 6.07) is 0. The first-order valence-electron chi connectivity index (χ1n) is 6.10. The molecule has 1 aromatic heterocycles. The van der Waals surface area contributed by atoms with E-state index in [1.807, 2.05) is 20.9 Å². The molecule has 1 N–H and O–H groups in total. The van der Waals surface area contributed by atoms with E-state index in [-0.39, 0.29) is 6.54 Å². The summed E-state index contributed by atoms with van der Waals surface area (Å²) in [7, 11) is 1.85. The molecular formula is C12H17F2N3O2. The topological polar surface area (TPSA) is 56.2 Å². The molecule has 7 heteroatoms. The van der Waals surface area contributed by atoms with Crippen LogP contribution in [0.4, 0.5) is 8.78 Å². The molecule has 1 aliphatic rings. The van der Waals surface area contributed by atoms with Crippen molar-refractivity contribution < 1.29 is 18.3 Å². The van der Waals surface area contributed by atoms with Crippen LogP contribution in [-0.4, -0.2) is 34.3 Å². The van der Waals surface area contributed by atoms with E-state index in [1.165, 1.54) is 0 Å². The highest BCUT2D eigenvalue weighted by Crippen LogP contribution is 2.30. The van der Waals surface area contributed by atoms with E-state index >= 15 is 0 Å². The number of nitrogens with zero attached hydrogens (tertiary/aromatic N) is 2. The molecule has 0 bridgehead atoms. The van der Waals surface area contributed by atoms with Crippen LogP contribution in [0.5, 0.6) is 0 Å². The number of halogens is 2. The Morgan fingerprint density at radius 3 is 2.68 bits per heavy atom. The van der Waals surface area contributed by atoms with Crippen molar-refractivity contribution in [3.05, 3.63) is 17.0 Å². The van der Waals surface area contributed by atoms with E-state index in [1.54, 1.807) is 4.68 Å². The SMILES string of the molecule is Cc1nn(C)c(C)c1CNCC1CC(F)(F)C(=O)O1. The predicted octanol–water partition coefficient (Wildman–Crippen LogP) is 1.08. The number of hydrogen-bond donors (Lipinski definition) is 1. The van der Waals surface area contributed by atoms with Gasteiger partial charge in [-0.15, -0.1) is 0 Å². The number of carbonyl (C=O) groups excluding carboxylic acids is 1. The van der Waals surface area contributed by atoms with Crippen LogP contribution < -0.4 is 5.32 Å². The van der Waals surface area contributed by atoms with Crippen molar-refractivity contribution in [2.24, 2.45) is 7.05 Å². The number of alkyl halides is 2. The van der Waals surface area contributed by atoms with Crippen LogP contribution in [0.1, 0.15) is 23.4 Å². The zero-order valence-corrected chi connectivity index (χ0v) is 11.2. The van der Waals surface area contributed by atoms with E-state index < -0.39 is 24.4 Å². The largest absolute Gasteiger partial charge is 0.456 e. The van der Waals surface area contributed by atoms with Gasteiger partial charge in [0.1, 0.15) is 6.10 Å². The van der Waals surface area contributed by atoms with Gasteiger partial charge in [-0.3, -0.25) is 4.68 Å². The first-order chi connectivity index (χ1) is 8.81. The van der Waals surface area contributed by atoms with Gasteiger partial charge in [-0.05, 0) is 13.8 Å². The van der Waals surface area contributed by atoms with Gasteiger partial charge in [0.25, 0.3) is 0 Å². The fourth-order valence-corrected chi connectivity index (χ4v) is 2.19. The average molecular weight is 273 g/mol. The number of cyclic esters (lactones) is 1. The Morgan fingerprint density at radius 2 is 2.21 bits per heavy atom. The Bertz CT molecular complexity index is 499. The average Bonchev–Trinajstić information content (AvgIpc) is 2.69. The molecule has 1 atom stereocenters. The predicted molar refractivity (Wildman–Crippen MR) is 63.8 cm³/mol. The molecule has 5 nitrogen and oxygen atoms in total. The second kappa shape index (κ2) is 4.88. The lowest BCUT2D eigenvalue weighted by Gasteiger charge is -2.10. The fourth-order valence-electron chi connectivity index (χ4n) is 2.19. The molecule has 1 saturated heterocycles. The summed E-state index contributed by atoms with van der Waals surface area (Å²) in [6.45, 7) is 4.58. The highest BCUT2D eigenvalue weighted by atomic mass is 19.3. The van der Waals surface area contributed by atoms with Crippen LogP contribution >= 0.6 is 0 Å². The highest BCUT2D eigenvalue weighted by Gasteiger charge is 2.50. The van der Waals surface area contributed by atoms with Gasteiger partial charge in [0.15, 0.2) is 0 Å². The molecular weight excluding hydrogens is 256 g/mol. The van der Waals surface area contributed by atoms with Crippen molar-refractivity contribution in [3.8, 4) is 0 Å². The third-order valence-electron chi connectivity index (χ3n) is 3.39. The summed E-state index contributed by atoms with van der Waals surface area (Å²) < 4.78 is 32.3. The number of carbonyl (C=O) groups is 1. The van der Waals surface area contributed by atoms with Crippen LogP contribution in [0, 0.1) is 13.8 Å². The first kappa shape index (κ1) is 13.9. The van der Waals surface area contributed by atoms with Crippen LogP contribution in [0.3, 0.4) is 0 Å². The zero-order valence-electron chi connectivity index (χ0n) is 11.2. The molecule has 1 unspecified atom stereocenters. The number of esters is 1. The zero-order chi connectivity index (χ0) is 14.2. The van der Waals surface area contributed by atoms with E-state index in [2.05, 4.69) is 15.2 Å². The molecule has 0 amide bonds. The van der Waals surface area contributed by atoms with E-state index in [0.717, 1.165) is 17.0 Å². The Balaban J connectivity index is 1.86. The van der Waals surface area contributed by atoms with Crippen molar-refractivity contribution >= 4 is 5.97 Å². The molecule has 0 radical (unpaired) electrons. The maximum atomic E-state index is 13.0. The molecule has 0 saturated carbocycles. The Kier molecular flexibility index (Phi) is 3.58. The minimum absolute atomic E-state index is 0.217. The van der Waals surface area contributed by atoms with E-state index in [4.69, 9.17) is 0 Å². The summed E-state index contributed by atoms with van der Waals surface area (Å²) >= 11 is 0. The third kappa shape index (κ3) is 2.75. The molecule has 2 rings (SSSR count). The lowest BCUT2D eigenvalue weighted by atomic mass is 10.1. The second-order valence-corrected chi connectivity index (χ2v) is 4.84. The first-order valence-corrected chi connectivity index (χ1v) is 6.10. The molecule has 1 fully saturated rings. The normalized spacial score (nSPS) is 21.7. The molecule has 1 aliphatic heterocycles. The minimum atomic E-state index is -3.34. The Morgan fingerprint density at radius 1 is 1.53 bits per heavy atom. The van der Waals surface area contributed by atoms with Crippen LogP contribution in [-0.2, 0) is 23.1 Å². The summed E-state index contributed by atoms with van der Waals surface area (Å²) in [4.78, 5) is 10.8. The number of ether oxygens (including phenoxy) is 1. The van der Waals surface area contributed by atoms with Gasteiger partial charge in [0, 0.05) is 31.4 Å². The van der Waals surface area contributed by atoms with Gasteiger partial charge in [-0.25, -0.2) is 4.79 Å². The molecule has 0 aromatic carbocycles. The van der Waals surface area contributed by atoms with Gasteiger partial charge in [0.2, 0.25) is 0 Å². The lowest BCUT2D eigenvalue weighted by molar-refractivity contribution is -0.159. The van der Waals surface area contributed by atoms with Gasteiger partial charge in [-0.1, -0.05) is 0 Å². The van der Waals surface area contributed by atoms with Crippen molar-refractivity contribution in [2.75, 3.05) is 6.54 Å². The van der Waals surface area contributed by atoms with Gasteiger partial charge >= 0.3 is 11.9 Å². The number of aryl methyl sites for hydroxylation is 2. The second-order valence-electron chi connectivity index (χ2n) is 4.84. The van der Waals surface area contributed by atoms with Crippen molar-refractivity contribution in [2.45, 2.75) is 38.8 Å². The van der Waals surface area contributed by atoms with Gasteiger partial charge < -0.3 is 10.1 Å². The summed E-state index contributed by atoms with van der Waals surface area (Å²) in [5.41, 5.74) is 2.97. The van der Waals surface area contributed by atoms with Crippen molar-refractivity contribution in [3.63, 3.8) is 0 Å². The fraction of sp³-hybridized carbons (Fsp3) is 0.667. The number of hydrogen-bond acceptors (Lipinski definition) is 4. The summed E-state index contributed by atoms with van der Waals surface area (Å²) in [6.07, 6.45) is -1.32. The number of nitrogens with one attached hydrogen (secondary N) is 1. The number of rotatable bonds is 4. The van der Waals surface area contributed by atoms with Crippen molar-refractivity contribution in [1.82, 2.24) is 15.1 Å². The molecule has 106 valence electrons. The lowest BCUT2D eigenvalue weighted by Crippen LogP contribution is -2.27. The Hall–Kier alpha value is -1.50. The monoisotopic (exact) mass is 273 g/mol. The smallest absolute Gasteiger partial charge is 0.377 e. The van der Waals surface area contributed by atoms with Crippen LogP contribution in [0.25, 0.3) is 0 Å². The third-order valence-corrected chi connectivity index (χ3v) is 3.39. The Labute approximate surface area is 109 Å². The molecule has 2 heterocycles. The quantitative estimate of drug-likeness (QED) is 0.834. The number of aromatic nitrogens is 2.